The Balaban J connectivity index is 4.96. The second kappa shape index (κ2) is 5.86. The minimum Gasteiger partial charge on any atom is -0.387 e. The zero-order valence-electron chi connectivity index (χ0n) is 11.6. The summed E-state index contributed by atoms with van der Waals surface area (Å²) in [4.78, 5) is 0. The van der Waals surface area contributed by atoms with Crippen molar-refractivity contribution in [1.29, 1.82) is 0 Å². The standard InChI is InChI=1S/C13H30NO/c1-8-13(15)9-14(10(2)3,11(4)5)12(6)7/h10-13,15H,8-9H2,1-7H3/q+1. The highest BCUT2D eigenvalue weighted by Gasteiger charge is 2.39. The average molecular weight is 216 g/mol. The molecule has 0 bridgehead atoms. The van der Waals surface area contributed by atoms with Crippen molar-refractivity contribution in [1.82, 2.24) is 0 Å². The molecule has 0 spiro atoms. The largest absolute Gasteiger partial charge is 0.387 e. The molecule has 0 amide bonds. The molecule has 1 unspecified atom stereocenters. The van der Waals surface area contributed by atoms with Crippen molar-refractivity contribution in [2.75, 3.05) is 6.54 Å². The van der Waals surface area contributed by atoms with E-state index in [-0.39, 0.29) is 6.10 Å². The molecule has 92 valence electrons. The SMILES string of the molecule is CCC(O)C[N+](C(C)C)(C(C)C)C(C)C. The smallest absolute Gasteiger partial charge is 0.106 e. The maximum Gasteiger partial charge on any atom is 0.106 e. The van der Waals surface area contributed by atoms with Gasteiger partial charge >= 0.3 is 0 Å². The molecule has 0 heterocycles. The molecule has 2 heteroatoms. The first-order valence-corrected chi connectivity index (χ1v) is 6.34. The van der Waals surface area contributed by atoms with E-state index in [1.807, 2.05) is 0 Å². The summed E-state index contributed by atoms with van der Waals surface area (Å²) in [5, 5.41) is 9.92. The summed E-state index contributed by atoms with van der Waals surface area (Å²) in [5.41, 5.74) is 0. The average Bonchev–Trinajstić information content (AvgIpc) is 2.11. The van der Waals surface area contributed by atoms with E-state index in [1.54, 1.807) is 0 Å². The van der Waals surface area contributed by atoms with E-state index in [0.29, 0.717) is 18.1 Å². The maximum atomic E-state index is 9.92. The van der Waals surface area contributed by atoms with Gasteiger partial charge in [-0.05, 0) is 48.0 Å². The van der Waals surface area contributed by atoms with Crippen molar-refractivity contribution in [2.45, 2.75) is 79.1 Å². The van der Waals surface area contributed by atoms with Gasteiger partial charge in [0, 0.05) is 0 Å². The molecule has 0 aliphatic heterocycles. The van der Waals surface area contributed by atoms with Crippen LogP contribution in [0.4, 0.5) is 0 Å². The zero-order chi connectivity index (χ0) is 12.2. The fourth-order valence-electron chi connectivity index (χ4n) is 2.92. The Morgan fingerprint density at radius 2 is 1.20 bits per heavy atom. The van der Waals surface area contributed by atoms with Crippen LogP contribution in [0.25, 0.3) is 0 Å². The lowest BCUT2D eigenvalue weighted by Gasteiger charge is -2.50. The second-order valence-corrected chi connectivity index (χ2v) is 5.52. The summed E-state index contributed by atoms with van der Waals surface area (Å²) in [6, 6.07) is 1.68. The Morgan fingerprint density at radius 1 is 0.867 bits per heavy atom. The predicted octanol–water partition coefficient (Wildman–Crippen LogP) is 2.80. The lowest BCUT2D eigenvalue weighted by molar-refractivity contribution is -0.987. The number of hydrogen-bond acceptors (Lipinski definition) is 1. The van der Waals surface area contributed by atoms with E-state index in [1.165, 1.54) is 0 Å². The summed E-state index contributed by atoms with van der Waals surface area (Å²) in [7, 11) is 0. The molecule has 0 aliphatic rings. The molecule has 0 fully saturated rings. The van der Waals surface area contributed by atoms with Gasteiger partial charge in [-0.25, -0.2) is 0 Å². The minimum absolute atomic E-state index is 0.169. The Labute approximate surface area is 95.9 Å². The normalized spacial score (nSPS) is 15.4. The van der Waals surface area contributed by atoms with Gasteiger partial charge in [0.05, 0.1) is 18.1 Å². The summed E-state index contributed by atoms with van der Waals surface area (Å²) >= 11 is 0. The van der Waals surface area contributed by atoms with Crippen molar-refractivity contribution in [3.8, 4) is 0 Å². The zero-order valence-corrected chi connectivity index (χ0v) is 11.6. The Hall–Kier alpha value is -0.0800. The first kappa shape index (κ1) is 14.9. The molecular formula is C13H30NO+. The van der Waals surface area contributed by atoms with Crippen molar-refractivity contribution >= 4 is 0 Å². The highest BCUT2D eigenvalue weighted by atomic mass is 16.3. The van der Waals surface area contributed by atoms with Crippen LogP contribution < -0.4 is 0 Å². The van der Waals surface area contributed by atoms with E-state index < -0.39 is 0 Å². The van der Waals surface area contributed by atoms with Gasteiger partial charge in [0.2, 0.25) is 0 Å². The first-order valence-electron chi connectivity index (χ1n) is 6.34. The minimum atomic E-state index is -0.169. The molecule has 2 nitrogen and oxygen atoms in total. The van der Waals surface area contributed by atoms with Crippen LogP contribution in [0.2, 0.25) is 0 Å². The van der Waals surface area contributed by atoms with E-state index in [2.05, 4.69) is 48.5 Å². The van der Waals surface area contributed by atoms with Gasteiger partial charge < -0.3 is 9.59 Å². The van der Waals surface area contributed by atoms with Gasteiger partial charge in [-0.3, -0.25) is 0 Å². The number of aliphatic hydroxyl groups is 1. The van der Waals surface area contributed by atoms with Gasteiger partial charge in [-0.15, -0.1) is 0 Å². The summed E-state index contributed by atoms with van der Waals surface area (Å²) in [6.45, 7) is 16.5. The first-order chi connectivity index (χ1) is 6.78. The fraction of sp³-hybridized carbons (Fsp3) is 1.00. The van der Waals surface area contributed by atoms with E-state index in [0.717, 1.165) is 17.4 Å². The number of aliphatic hydroxyl groups excluding tert-OH is 1. The van der Waals surface area contributed by atoms with Gasteiger partial charge in [-0.1, -0.05) is 6.92 Å². The highest BCUT2D eigenvalue weighted by Crippen LogP contribution is 2.25. The van der Waals surface area contributed by atoms with Gasteiger partial charge in [-0.2, -0.15) is 0 Å². The van der Waals surface area contributed by atoms with Crippen LogP contribution in [0, 0.1) is 0 Å². The number of rotatable bonds is 6. The molecule has 0 saturated carbocycles. The van der Waals surface area contributed by atoms with Crippen molar-refractivity contribution in [3.63, 3.8) is 0 Å². The van der Waals surface area contributed by atoms with Crippen molar-refractivity contribution in [3.05, 3.63) is 0 Å². The fourth-order valence-corrected chi connectivity index (χ4v) is 2.92. The van der Waals surface area contributed by atoms with Crippen LogP contribution in [-0.2, 0) is 0 Å². The van der Waals surface area contributed by atoms with Crippen molar-refractivity contribution < 1.29 is 9.59 Å². The monoisotopic (exact) mass is 216 g/mol. The van der Waals surface area contributed by atoms with Crippen LogP contribution in [0.3, 0.4) is 0 Å². The summed E-state index contributed by atoms with van der Waals surface area (Å²) in [5.74, 6) is 0. The number of nitrogens with zero attached hydrogens (tertiary/aromatic N) is 1. The lowest BCUT2D eigenvalue weighted by Crippen LogP contribution is -2.64. The molecule has 0 saturated heterocycles. The van der Waals surface area contributed by atoms with Gasteiger partial charge in [0.1, 0.15) is 12.6 Å². The molecule has 0 radical (unpaired) electrons. The van der Waals surface area contributed by atoms with Gasteiger partial charge in [0.15, 0.2) is 0 Å². The number of hydrogen-bond donors (Lipinski definition) is 1. The Morgan fingerprint density at radius 3 is 1.40 bits per heavy atom. The Kier molecular flexibility index (Phi) is 5.82. The molecule has 0 aromatic heterocycles. The molecular weight excluding hydrogens is 186 g/mol. The van der Waals surface area contributed by atoms with Crippen LogP contribution in [0.1, 0.15) is 54.9 Å². The maximum absolute atomic E-state index is 9.92. The molecule has 0 aromatic carbocycles. The van der Waals surface area contributed by atoms with Crippen LogP contribution >= 0.6 is 0 Å². The molecule has 0 aromatic rings. The predicted molar refractivity (Wildman–Crippen MR) is 66.8 cm³/mol. The van der Waals surface area contributed by atoms with Crippen LogP contribution in [0.5, 0.6) is 0 Å². The second-order valence-electron chi connectivity index (χ2n) is 5.52. The molecule has 1 atom stereocenters. The topological polar surface area (TPSA) is 20.2 Å². The third-order valence-corrected chi connectivity index (χ3v) is 3.88. The van der Waals surface area contributed by atoms with Gasteiger partial charge in [0.25, 0.3) is 0 Å². The third-order valence-electron chi connectivity index (χ3n) is 3.88. The van der Waals surface area contributed by atoms with E-state index in [4.69, 9.17) is 0 Å². The third kappa shape index (κ3) is 3.18. The molecule has 15 heavy (non-hydrogen) atoms. The van der Waals surface area contributed by atoms with Crippen molar-refractivity contribution in [2.24, 2.45) is 0 Å². The Bertz CT molecular complexity index is 154. The molecule has 1 N–H and O–H groups in total. The number of quaternary nitrogens is 1. The summed E-state index contributed by atoms with van der Waals surface area (Å²) in [6.07, 6.45) is 0.684. The van der Waals surface area contributed by atoms with Crippen LogP contribution in [0.15, 0.2) is 0 Å². The highest BCUT2D eigenvalue weighted by molar-refractivity contribution is 4.62. The quantitative estimate of drug-likeness (QED) is 0.677. The van der Waals surface area contributed by atoms with E-state index >= 15 is 0 Å². The summed E-state index contributed by atoms with van der Waals surface area (Å²) < 4.78 is 1.01. The van der Waals surface area contributed by atoms with Crippen LogP contribution in [-0.4, -0.2) is 40.4 Å². The molecule has 0 rings (SSSR count). The van der Waals surface area contributed by atoms with E-state index in [9.17, 15) is 5.11 Å². The lowest BCUT2D eigenvalue weighted by atomic mass is 10.0. The molecule has 0 aliphatic carbocycles.